The SMILES string of the molecule is Cc1ccc(-c2n[nH]c(C(F)(F)F)c2-c2cnc(C(=O)NCc3ccc(C(=O)N4CCN(C(=O)C5CCNCC5)CC4)c(Cl)c3)[nH]2)nc1. The highest BCUT2D eigenvalue weighted by atomic mass is 35.5. The van der Waals surface area contributed by atoms with Gasteiger partial charge >= 0.3 is 6.18 Å². The van der Waals surface area contributed by atoms with E-state index >= 15 is 0 Å². The van der Waals surface area contributed by atoms with Crippen LogP contribution < -0.4 is 10.6 Å². The quantitative estimate of drug-likeness (QED) is 0.229. The number of piperidine rings is 1. The number of nitrogens with zero attached hydrogens (tertiary/aromatic N) is 5. The molecular formula is C32H33ClF3N9O3. The summed E-state index contributed by atoms with van der Waals surface area (Å²) < 4.78 is 41.6. The van der Waals surface area contributed by atoms with Crippen molar-refractivity contribution in [1.29, 1.82) is 0 Å². The van der Waals surface area contributed by atoms with Crippen LogP contribution in [0.15, 0.2) is 42.7 Å². The molecule has 0 atom stereocenters. The summed E-state index contributed by atoms with van der Waals surface area (Å²) in [5.74, 6) is -0.945. The van der Waals surface area contributed by atoms with E-state index in [1.807, 2.05) is 10.00 Å². The number of H-pyrrole nitrogens is 2. The van der Waals surface area contributed by atoms with E-state index in [4.69, 9.17) is 11.6 Å². The van der Waals surface area contributed by atoms with Crippen LogP contribution >= 0.6 is 11.6 Å². The second-order valence-electron chi connectivity index (χ2n) is 11.8. The fourth-order valence-electron chi connectivity index (χ4n) is 5.90. The fraction of sp³-hybridized carbons (Fsp3) is 0.375. The van der Waals surface area contributed by atoms with Crippen molar-refractivity contribution in [3.05, 3.63) is 76.0 Å². The van der Waals surface area contributed by atoms with Crippen LogP contribution in [0.5, 0.6) is 0 Å². The summed E-state index contributed by atoms with van der Waals surface area (Å²) in [4.78, 5) is 53.4. The maximum atomic E-state index is 13.9. The van der Waals surface area contributed by atoms with E-state index in [0.29, 0.717) is 37.3 Å². The Morgan fingerprint density at radius 3 is 2.40 bits per heavy atom. The first kappa shape index (κ1) is 33.2. The molecule has 3 aromatic heterocycles. The van der Waals surface area contributed by atoms with Gasteiger partial charge in [-0.2, -0.15) is 18.3 Å². The van der Waals surface area contributed by atoms with E-state index in [9.17, 15) is 27.6 Å². The van der Waals surface area contributed by atoms with Crippen LogP contribution in [0.4, 0.5) is 13.2 Å². The summed E-state index contributed by atoms with van der Waals surface area (Å²) >= 11 is 6.49. The first-order valence-electron chi connectivity index (χ1n) is 15.5. The Labute approximate surface area is 278 Å². The van der Waals surface area contributed by atoms with Crippen molar-refractivity contribution < 1.29 is 27.6 Å². The van der Waals surface area contributed by atoms with Gasteiger partial charge in [-0.05, 0) is 62.2 Å². The number of halogens is 4. The molecule has 0 unspecified atom stereocenters. The molecule has 48 heavy (non-hydrogen) atoms. The van der Waals surface area contributed by atoms with Crippen LogP contribution in [0, 0.1) is 12.8 Å². The number of imidazole rings is 1. The standard InChI is InChI=1S/C32H33ClF3N9O3/c1-18-2-5-23(38-15-18)26-25(27(43-42-26)32(34,35)36)24-17-39-28(41-24)29(46)40-16-19-3-4-21(22(33)14-19)31(48)45-12-10-44(11-13-45)30(47)20-6-8-37-9-7-20/h2-5,14-15,17,20,37H,6-13,16H2,1H3,(H,39,41)(H,40,46)(H,42,43). The van der Waals surface area contributed by atoms with E-state index in [2.05, 4.69) is 30.7 Å². The van der Waals surface area contributed by atoms with Crippen molar-refractivity contribution in [3.63, 3.8) is 0 Å². The van der Waals surface area contributed by atoms with E-state index in [1.54, 1.807) is 42.2 Å². The van der Waals surface area contributed by atoms with Gasteiger partial charge in [-0.25, -0.2) is 4.98 Å². The lowest BCUT2D eigenvalue weighted by atomic mass is 9.96. The van der Waals surface area contributed by atoms with Gasteiger partial charge in [0.05, 0.1) is 33.7 Å². The molecule has 0 saturated carbocycles. The number of benzene rings is 1. The molecule has 2 saturated heterocycles. The highest BCUT2D eigenvalue weighted by Crippen LogP contribution is 2.40. The van der Waals surface area contributed by atoms with Crippen molar-refractivity contribution in [2.45, 2.75) is 32.5 Å². The Hall–Kier alpha value is -4.76. The zero-order valence-corrected chi connectivity index (χ0v) is 26.7. The van der Waals surface area contributed by atoms with Gasteiger partial charge in [-0.1, -0.05) is 23.7 Å². The van der Waals surface area contributed by atoms with Crippen LogP contribution in [-0.4, -0.2) is 91.9 Å². The monoisotopic (exact) mass is 683 g/mol. The number of alkyl halides is 3. The molecule has 0 radical (unpaired) electrons. The molecule has 2 aliphatic rings. The predicted molar refractivity (Wildman–Crippen MR) is 170 cm³/mol. The molecule has 2 fully saturated rings. The topological polar surface area (TPSA) is 152 Å². The van der Waals surface area contributed by atoms with E-state index in [1.165, 1.54) is 6.20 Å². The lowest BCUT2D eigenvalue weighted by Gasteiger charge is -2.37. The molecule has 3 amide bonds. The van der Waals surface area contributed by atoms with Crippen LogP contribution in [-0.2, 0) is 17.5 Å². The average molecular weight is 684 g/mol. The molecule has 0 spiro atoms. The summed E-state index contributed by atoms with van der Waals surface area (Å²) in [5, 5.41) is 12.0. The van der Waals surface area contributed by atoms with Crippen molar-refractivity contribution in [2.75, 3.05) is 39.3 Å². The number of hydrogen-bond donors (Lipinski definition) is 4. The second kappa shape index (κ2) is 13.8. The normalized spacial score (nSPS) is 15.9. The summed E-state index contributed by atoms with van der Waals surface area (Å²) in [6, 6.07) is 8.08. The Balaban J connectivity index is 1.08. The molecule has 16 heteroatoms. The maximum absolute atomic E-state index is 13.9. The Morgan fingerprint density at radius 1 is 1.00 bits per heavy atom. The number of rotatable bonds is 7. The molecule has 5 heterocycles. The Kier molecular flexibility index (Phi) is 9.51. The van der Waals surface area contributed by atoms with Gasteiger partial charge in [0.25, 0.3) is 11.8 Å². The number of aromatic amines is 2. The molecule has 4 N–H and O–H groups in total. The fourth-order valence-corrected chi connectivity index (χ4v) is 6.19. The molecule has 12 nitrogen and oxygen atoms in total. The van der Waals surface area contributed by atoms with Crippen LogP contribution in [0.1, 0.15) is 50.6 Å². The van der Waals surface area contributed by atoms with E-state index < -0.39 is 17.8 Å². The number of carbonyl (C=O) groups is 3. The van der Waals surface area contributed by atoms with Gasteiger partial charge < -0.3 is 25.4 Å². The summed E-state index contributed by atoms with van der Waals surface area (Å²) in [6.45, 7) is 5.22. The van der Waals surface area contributed by atoms with Crippen molar-refractivity contribution in [1.82, 2.24) is 45.6 Å². The number of aromatic nitrogens is 5. The molecule has 0 aliphatic carbocycles. The molecule has 4 aromatic rings. The molecular weight excluding hydrogens is 651 g/mol. The van der Waals surface area contributed by atoms with Gasteiger partial charge in [0.1, 0.15) is 11.4 Å². The number of hydrogen-bond acceptors (Lipinski definition) is 7. The number of nitrogens with one attached hydrogen (secondary N) is 4. The van der Waals surface area contributed by atoms with Gasteiger partial charge in [0.2, 0.25) is 5.91 Å². The predicted octanol–water partition coefficient (Wildman–Crippen LogP) is 4.06. The minimum absolute atomic E-state index is 0.0125. The number of pyridine rings is 1. The lowest BCUT2D eigenvalue weighted by molar-refractivity contribution is -0.140. The third kappa shape index (κ3) is 7.06. The van der Waals surface area contributed by atoms with Crippen molar-refractivity contribution in [3.8, 4) is 22.6 Å². The Bertz CT molecular complexity index is 1810. The zero-order chi connectivity index (χ0) is 34.0. The third-order valence-corrected chi connectivity index (χ3v) is 8.86. The Morgan fingerprint density at radius 2 is 1.73 bits per heavy atom. The van der Waals surface area contributed by atoms with Gasteiger partial charge in [-0.3, -0.25) is 24.5 Å². The minimum Gasteiger partial charge on any atom is -0.345 e. The molecule has 6 rings (SSSR count). The van der Waals surface area contributed by atoms with Crippen LogP contribution in [0.25, 0.3) is 22.6 Å². The van der Waals surface area contributed by atoms with Crippen LogP contribution in [0.2, 0.25) is 5.02 Å². The highest BCUT2D eigenvalue weighted by Gasteiger charge is 2.39. The largest absolute Gasteiger partial charge is 0.433 e. The first-order valence-corrected chi connectivity index (χ1v) is 15.9. The average Bonchev–Trinajstić information content (AvgIpc) is 3.76. The highest BCUT2D eigenvalue weighted by molar-refractivity contribution is 6.33. The van der Waals surface area contributed by atoms with E-state index in [0.717, 1.165) is 37.7 Å². The van der Waals surface area contributed by atoms with Crippen LogP contribution in [0.3, 0.4) is 0 Å². The molecule has 252 valence electrons. The number of piperazine rings is 1. The van der Waals surface area contributed by atoms with Crippen molar-refractivity contribution >= 4 is 29.3 Å². The summed E-state index contributed by atoms with van der Waals surface area (Å²) in [5.41, 5.74) is 0.406. The van der Waals surface area contributed by atoms with Crippen molar-refractivity contribution in [2.24, 2.45) is 5.92 Å². The maximum Gasteiger partial charge on any atom is 0.433 e. The minimum atomic E-state index is -4.76. The number of aryl methyl sites for hydroxylation is 1. The smallest absolute Gasteiger partial charge is 0.345 e. The summed E-state index contributed by atoms with van der Waals surface area (Å²) in [7, 11) is 0. The number of carbonyl (C=O) groups excluding carboxylic acids is 3. The first-order chi connectivity index (χ1) is 23.0. The summed E-state index contributed by atoms with van der Waals surface area (Å²) in [6.07, 6.45) is -0.462. The van der Waals surface area contributed by atoms with Gasteiger partial charge in [-0.15, -0.1) is 0 Å². The molecule has 2 aliphatic heterocycles. The third-order valence-electron chi connectivity index (χ3n) is 8.55. The number of amides is 3. The zero-order valence-electron chi connectivity index (χ0n) is 26.0. The van der Waals surface area contributed by atoms with E-state index in [-0.39, 0.29) is 57.8 Å². The molecule has 1 aromatic carbocycles. The molecule has 0 bridgehead atoms. The van der Waals surface area contributed by atoms with Gasteiger partial charge in [0, 0.05) is 44.8 Å². The second-order valence-corrected chi connectivity index (χ2v) is 12.2. The lowest BCUT2D eigenvalue weighted by Crippen LogP contribution is -2.52. The van der Waals surface area contributed by atoms with Gasteiger partial charge in [0.15, 0.2) is 5.82 Å².